The molecule has 0 bridgehead atoms. The highest BCUT2D eigenvalue weighted by Crippen LogP contribution is 2.35. The molecule has 0 saturated heterocycles. The van der Waals surface area contributed by atoms with Crippen molar-refractivity contribution >= 4 is 17.6 Å². The van der Waals surface area contributed by atoms with Gasteiger partial charge in [0.2, 0.25) is 5.69 Å². The number of nitrogens with one attached hydrogen (secondary N) is 1. The summed E-state index contributed by atoms with van der Waals surface area (Å²) in [5.74, 6) is 0. The number of anilines is 1. The highest BCUT2D eigenvalue weighted by molar-refractivity contribution is 5.87. The minimum Gasteiger partial charge on any atom is -0.323 e. The van der Waals surface area contributed by atoms with E-state index >= 15 is 0 Å². The molecule has 4 rings (SSSR count). The van der Waals surface area contributed by atoms with Crippen LogP contribution in [-0.2, 0) is 0 Å². The predicted molar refractivity (Wildman–Crippen MR) is 105 cm³/mol. The van der Waals surface area contributed by atoms with Gasteiger partial charge in [-0.2, -0.15) is 4.58 Å². The van der Waals surface area contributed by atoms with Crippen LogP contribution < -0.4 is 5.32 Å². The third-order valence-corrected chi connectivity index (χ3v) is 4.90. The maximum Gasteiger partial charge on any atom is 0.258 e. The molecule has 1 N–H and O–H groups in total. The summed E-state index contributed by atoms with van der Waals surface area (Å²) < 4.78 is 2.37. The standard InChI is InChI=1S/C23H22N2/c1-16-11-13-19(14-12-16)23-24-21-10-5-4-9-20(21)15-25(23)22-17(2)7-6-8-18(22)3/h4-15,23H,1-3H3/p+1/t23-/m0/s1. The van der Waals surface area contributed by atoms with E-state index in [1.807, 2.05) is 0 Å². The summed E-state index contributed by atoms with van der Waals surface area (Å²) in [6.45, 7) is 6.49. The van der Waals surface area contributed by atoms with E-state index < -0.39 is 0 Å². The molecule has 2 nitrogen and oxygen atoms in total. The molecular formula is C23H23N2+. The Morgan fingerprint density at radius 1 is 0.760 bits per heavy atom. The van der Waals surface area contributed by atoms with Crippen LogP contribution in [-0.4, -0.2) is 10.8 Å². The van der Waals surface area contributed by atoms with Gasteiger partial charge in [0.1, 0.15) is 0 Å². The molecular weight excluding hydrogens is 304 g/mol. The van der Waals surface area contributed by atoms with E-state index in [9.17, 15) is 0 Å². The van der Waals surface area contributed by atoms with E-state index in [0.29, 0.717) is 0 Å². The molecule has 0 amide bonds. The summed E-state index contributed by atoms with van der Waals surface area (Å²) in [5.41, 5.74) is 8.78. The molecule has 0 radical (unpaired) electrons. The molecule has 0 fully saturated rings. The molecule has 25 heavy (non-hydrogen) atoms. The van der Waals surface area contributed by atoms with Gasteiger partial charge in [-0.05, 0) is 32.9 Å². The van der Waals surface area contributed by atoms with Crippen LogP contribution in [0.1, 0.15) is 34.0 Å². The Kier molecular flexibility index (Phi) is 3.89. The first-order valence-electron chi connectivity index (χ1n) is 8.75. The summed E-state index contributed by atoms with van der Waals surface area (Å²) in [4.78, 5) is 0. The molecule has 1 aliphatic rings. The van der Waals surface area contributed by atoms with Crippen molar-refractivity contribution in [2.24, 2.45) is 0 Å². The third-order valence-electron chi connectivity index (χ3n) is 4.90. The molecule has 2 heteroatoms. The maximum atomic E-state index is 3.73. The number of benzene rings is 3. The number of hydrogen-bond acceptors (Lipinski definition) is 1. The number of para-hydroxylation sites is 2. The minimum atomic E-state index is 0.0790. The second kappa shape index (κ2) is 6.21. The van der Waals surface area contributed by atoms with Crippen molar-refractivity contribution in [3.05, 3.63) is 94.5 Å². The highest BCUT2D eigenvalue weighted by Gasteiger charge is 2.31. The van der Waals surface area contributed by atoms with Gasteiger partial charge < -0.3 is 5.32 Å². The fraction of sp³-hybridized carbons (Fsp3) is 0.174. The van der Waals surface area contributed by atoms with Crippen LogP contribution in [0.3, 0.4) is 0 Å². The van der Waals surface area contributed by atoms with Gasteiger partial charge in [-0.3, -0.25) is 0 Å². The van der Waals surface area contributed by atoms with Crippen LogP contribution in [0.15, 0.2) is 66.7 Å². The molecule has 124 valence electrons. The van der Waals surface area contributed by atoms with E-state index in [1.165, 1.54) is 39.2 Å². The molecule has 0 unspecified atom stereocenters. The lowest BCUT2D eigenvalue weighted by Gasteiger charge is -2.25. The lowest BCUT2D eigenvalue weighted by Crippen LogP contribution is -2.29. The topological polar surface area (TPSA) is 15.0 Å². The van der Waals surface area contributed by atoms with E-state index in [2.05, 4.69) is 104 Å². The summed E-state index contributed by atoms with van der Waals surface area (Å²) in [7, 11) is 0. The van der Waals surface area contributed by atoms with Crippen molar-refractivity contribution in [2.45, 2.75) is 26.9 Å². The van der Waals surface area contributed by atoms with Crippen molar-refractivity contribution in [1.29, 1.82) is 0 Å². The lowest BCUT2D eigenvalue weighted by molar-refractivity contribution is -0.480. The Bertz CT molecular complexity index is 932. The molecule has 0 aliphatic carbocycles. The molecule has 1 heterocycles. The minimum absolute atomic E-state index is 0.0790. The Hall–Kier alpha value is -2.87. The van der Waals surface area contributed by atoms with Gasteiger partial charge in [-0.15, -0.1) is 0 Å². The van der Waals surface area contributed by atoms with Crippen molar-refractivity contribution in [3.63, 3.8) is 0 Å². The summed E-state index contributed by atoms with van der Waals surface area (Å²) >= 11 is 0. The lowest BCUT2D eigenvalue weighted by atomic mass is 10.0. The summed E-state index contributed by atoms with van der Waals surface area (Å²) in [5, 5.41) is 3.73. The van der Waals surface area contributed by atoms with Crippen LogP contribution in [0.2, 0.25) is 0 Å². The fourth-order valence-electron chi connectivity index (χ4n) is 3.58. The average molecular weight is 327 g/mol. The smallest absolute Gasteiger partial charge is 0.258 e. The van der Waals surface area contributed by atoms with Gasteiger partial charge in [0.05, 0.1) is 11.3 Å². The van der Waals surface area contributed by atoms with E-state index in [-0.39, 0.29) is 6.17 Å². The number of rotatable bonds is 2. The van der Waals surface area contributed by atoms with E-state index in [0.717, 1.165) is 0 Å². The number of fused-ring (bicyclic) bond motifs is 1. The third kappa shape index (κ3) is 2.85. The number of nitrogens with zero attached hydrogens (tertiary/aromatic N) is 1. The molecule has 0 aromatic heterocycles. The predicted octanol–water partition coefficient (Wildman–Crippen LogP) is 5.50. The van der Waals surface area contributed by atoms with Gasteiger partial charge in [-0.25, -0.2) is 0 Å². The van der Waals surface area contributed by atoms with Crippen LogP contribution in [0.25, 0.3) is 0 Å². The molecule has 0 spiro atoms. The van der Waals surface area contributed by atoms with E-state index in [4.69, 9.17) is 0 Å². The number of aryl methyl sites for hydroxylation is 3. The zero-order chi connectivity index (χ0) is 17.4. The monoisotopic (exact) mass is 327 g/mol. The fourth-order valence-corrected chi connectivity index (χ4v) is 3.58. The summed E-state index contributed by atoms with van der Waals surface area (Å²) in [6, 6.07) is 23.8. The highest BCUT2D eigenvalue weighted by atomic mass is 15.2. The normalized spacial score (nSPS) is 16.0. The van der Waals surface area contributed by atoms with Gasteiger partial charge in [-0.1, -0.05) is 60.2 Å². The van der Waals surface area contributed by atoms with Gasteiger partial charge in [0, 0.05) is 16.7 Å². The number of hydrogen-bond donors (Lipinski definition) is 1. The van der Waals surface area contributed by atoms with Crippen molar-refractivity contribution in [1.82, 2.24) is 0 Å². The van der Waals surface area contributed by atoms with Crippen LogP contribution in [0.5, 0.6) is 0 Å². The zero-order valence-electron chi connectivity index (χ0n) is 15.0. The Morgan fingerprint density at radius 3 is 2.16 bits per heavy atom. The van der Waals surface area contributed by atoms with Gasteiger partial charge in [0.15, 0.2) is 6.21 Å². The molecule has 3 aromatic carbocycles. The second-order valence-corrected chi connectivity index (χ2v) is 6.82. The maximum absolute atomic E-state index is 3.73. The molecule has 3 aromatic rings. The average Bonchev–Trinajstić information content (AvgIpc) is 2.62. The van der Waals surface area contributed by atoms with Crippen molar-refractivity contribution in [2.75, 3.05) is 5.32 Å². The SMILES string of the molecule is Cc1ccc([C@H]2Nc3ccccc3C=[N+]2c2c(C)cccc2C)cc1. The first-order valence-corrected chi connectivity index (χ1v) is 8.75. The van der Waals surface area contributed by atoms with Crippen molar-refractivity contribution < 1.29 is 4.58 Å². The quantitative estimate of drug-likeness (QED) is 0.614. The van der Waals surface area contributed by atoms with Crippen molar-refractivity contribution in [3.8, 4) is 0 Å². The Balaban J connectivity index is 1.92. The summed E-state index contributed by atoms with van der Waals surface area (Å²) in [6.07, 6.45) is 2.35. The first-order chi connectivity index (χ1) is 12.1. The van der Waals surface area contributed by atoms with Crippen LogP contribution in [0, 0.1) is 20.8 Å². The van der Waals surface area contributed by atoms with Crippen LogP contribution >= 0.6 is 0 Å². The molecule has 1 aliphatic heterocycles. The zero-order valence-corrected chi connectivity index (χ0v) is 15.0. The second-order valence-electron chi connectivity index (χ2n) is 6.82. The van der Waals surface area contributed by atoms with Crippen LogP contribution in [0.4, 0.5) is 11.4 Å². The molecule has 1 atom stereocenters. The van der Waals surface area contributed by atoms with E-state index in [1.54, 1.807) is 0 Å². The largest absolute Gasteiger partial charge is 0.323 e. The molecule has 0 saturated carbocycles. The van der Waals surface area contributed by atoms with Gasteiger partial charge in [0.25, 0.3) is 6.17 Å². The first kappa shape index (κ1) is 15.6. The van der Waals surface area contributed by atoms with Gasteiger partial charge >= 0.3 is 0 Å². The Labute approximate surface area is 149 Å². The Morgan fingerprint density at radius 2 is 1.44 bits per heavy atom.